The molecule has 6 rings (SSSR count). The molecule has 2 aliphatic heterocycles. The lowest BCUT2D eigenvalue weighted by molar-refractivity contribution is -0.144. The molecule has 0 amide bonds. The molecule has 1 aliphatic carbocycles. The maximum absolute atomic E-state index is 13.4. The number of piperidine rings is 2. The third-order valence-electron chi connectivity index (χ3n) is 6.00. The van der Waals surface area contributed by atoms with Crippen molar-refractivity contribution in [3.05, 3.63) is 66.1 Å². The molecule has 6 heteroatoms. The molecule has 3 aliphatic rings. The Morgan fingerprint density at radius 1 is 1.11 bits per heavy atom. The Hall–Kier alpha value is -2.47. The topological polar surface area (TPSA) is 29.8 Å². The van der Waals surface area contributed by atoms with Gasteiger partial charge >= 0.3 is 0 Å². The van der Waals surface area contributed by atoms with Crippen molar-refractivity contribution in [2.24, 2.45) is 10.8 Å². The lowest BCUT2D eigenvalue weighted by atomic mass is 9.51. The standard InChI is InChI=1S/C22H23F2N3O/c1-21-11-22(12-21,15-28-17-5-6-18(23)19(24)8-17)14-26(13-21)9-16-10-27-7-3-2-4-20(27)25-16/h2-8,10H,9,11-15H2,1H3. The molecule has 146 valence electrons. The van der Waals surface area contributed by atoms with E-state index in [0.29, 0.717) is 12.4 Å². The number of pyridine rings is 1. The fourth-order valence-electron chi connectivity index (χ4n) is 5.41. The second-order valence-electron chi connectivity index (χ2n) is 8.87. The van der Waals surface area contributed by atoms with Crippen LogP contribution in [0.4, 0.5) is 8.78 Å². The maximum atomic E-state index is 13.4. The number of hydrogen-bond acceptors (Lipinski definition) is 3. The van der Waals surface area contributed by atoms with Gasteiger partial charge in [0.2, 0.25) is 0 Å². The summed E-state index contributed by atoms with van der Waals surface area (Å²) < 4.78 is 34.5. The summed E-state index contributed by atoms with van der Waals surface area (Å²) in [6.45, 7) is 5.63. The van der Waals surface area contributed by atoms with Crippen LogP contribution in [-0.4, -0.2) is 34.0 Å². The summed E-state index contributed by atoms with van der Waals surface area (Å²) in [4.78, 5) is 7.16. The van der Waals surface area contributed by atoms with E-state index in [1.54, 1.807) is 0 Å². The molecule has 2 bridgehead atoms. The zero-order chi connectivity index (χ0) is 19.4. The molecule has 4 nitrogen and oxygen atoms in total. The Kier molecular flexibility index (Phi) is 3.95. The van der Waals surface area contributed by atoms with Gasteiger partial charge in [0.1, 0.15) is 11.4 Å². The van der Waals surface area contributed by atoms with Gasteiger partial charge in [0.25, 0.3) is 0 Å². The molecule has 0 radical (unpaired) electrons. The highest BCUT2D eigenvalue weighted by Gasteiger charge is 2.57. The van der Waals surface area contributed by atoms with Crippen LogP contribution in [0.2, 0.25) is 0 Å². The fourth-order valence-corrected chi connectivity index (χ4v) is 5.41. The van der Waals surface area contributed by atoms with E-state index in [1.807, 2.05) is 28.8 Å². The van der Waals surface area contributed by atoms with E-state index >= 15 is 0 Å². The molecule has 3 aromatic rings. The average molecular weight is 383 g/mol. The molecule has 1 aromatic carbocycles. The number of imidazole rings is 1. The van der Waals surface area contributed by atoms with Gasteiger partial charge in [0.05, 0.1) is 12.3 Å². The molecule has 3 fully saturated rings. The van der Waals surface area contributed by atoms with Gasteiger partial charge in [0.15, 0.2) is 11.6 Å². The number of ether oxygens (including phenoxy) is 1. The van der Waals surface area contributed by atoms with Gasteiger partial charge in [0, 0.05) is 43.5 Å². The summed E-state index contributed by atoms with van der Waals surface area (Å²) in [5.41, 5.74) is 2.38. The summed E-state index contributed by atoms with van der Waals surface area (Å²) >= 11 is 0. The second-order valence-corrected chi connectivity index (χ2v) is 8.87. The van der Waals surface area contributed by atoms with Crippen molar-refractivity contribution in [2.75, 3.05) is 19.7 Å². The van der Waals surface area contributed by atoms with Crippen LogP contribution in [0.5, 0.6) is 5.75 Å². The van der Waals surface area contributed by atoms with Crippen molar-refractivity contribution in [1.29, 1.82) is 0 Å². The molecule has 0 spiro atoms. The molecule has 0 unspecified atom stereocenters. The van der Waals surface area contributed by atoms with E-state index in [1.165, 1.54) is 6.07 Å². The van der Waals surface area contributed by atoms with Crippen molar-refractivity contribution < 1.29 is 13.5 Å². The first-order valence-electron chi connectivity index (χ1n) is 9.65. The van der Waals surface area contributed by atoms with E-state index in [0.717, 1.165) is 55.9 Å². The highest BCUT2D eigenvalue weighted by atomic mass is 19.2. The summed E-state index contributed by atoms with van der Waals surface area (Å²) in [5, 5.41) is 0. The number of nitrogens with zero attached hydrogens (tertiary/aromatic N) is 3. The molecular weight excluding hydrogens is 360 g/mol. The highest BCUT2D eigenvalue weighted by molar-refractivity contribution is 5.39. The first-order valence-corrected chi connectivity index (χ1v) is 9.65. The van der Waals surface area contributed by atoms with Gasteiger partial charge in [-0.1, -0.05) is 13.0 Å². The van der Waals surface area contributed by atoms with E-state index in [-0.39, 0.29) is 10.8 Å². The predicted molar refractivity (Wildman–Crippen MR) is 102 cm³/mol. The van der Waals surface area contributed by atoms with Gasteiger partial charge in [-0.05, 0) is 42.5 Å². The zero-order valence-electron chi connectivity index (χ0n) is 15.9. The number of benzene rings is 1. The SMILES string of the molecule is CC12CN(Cc3cn4ccccc4n3)CC(COc3ccc(F)c(F)c3)(C1)C2. The van der Waals surface area contributed by atoms with Crippen LogP contribution >= 0.6 is 0 Å². The minimum absolute atomic E-state index is 0.0665. The Balaban J connectivity index is 1.28. The lowest BCUT2D eigenvalue weighted by Crippen LogP contribution is -2.63. The van der Waals surface area contributed by atoms with Crippen LogP contribution in [0, 0.1) is 22.5 Å². The Labute approximate surface area is 162 Å². The molecule has 1 saturated carbocycles. The summed E-state index contributed by atoms with van der Waals surface area (Å²) in [7, 11) is 0. The van der Waals surface area contributed by atoms with Crippen LogP contribution < -0.4 is 4.74 Å². The van der Waals surface area contributed by atoms with Crippen molar-refractivity contribution in [3.63, 3.8) is 0 Å². The molecule has 4 heterocycles. The van der Waals surface area contributed by atoms with E-state index in [2.05, 4.69) is 18.0 Å². The van der Waals surface area contributed by atoms with Crippen molar-refractivity contribution in [1.82, 2.24) is 14.3 Å². The van der Waals surface area contributed by atoms with E-state index in [4.69, 9.17) is 9.72 Å². The van der Waals surface area contributed by atoms with Crippen LogP contribution in [0.15, 0.2) is 48.8 Å². The molecule has 28 heavy (non-hydrogen) atoms. The molecular formula is C22H23F2N3O. The maximum Gasteiger partial charge on any atom is 0.162 e. The minimum atomic E-state index is -0.870. The van der Waals surface area contributed by atoms with Gasteiger partial charge in [-0.25, -0.2) is 13.8 Å². The third-order valence-corrected chi connectivity index (χ3v) is 6.00. The first kappa shape index (κ1) is 17.6. The van der Waals surface area contributed by atoms with Gasteiger partial charge in [-0.3, -0.25) is 4.90 Å². The number of fused-ring (bicyclic) bond motifs is 3. The smallest absolute Gasteiger partial charge is 0.162 e. The van der Waals surface area contributed by atoms with E-state index < -0.39 is 11.6 Å². The Bertz CT molecular complexity index is 993. The summed E-state index contributed by atoms with van der Waals surface area (Å²) in [5.74, 6) is -1.33. The number of halogens is 2. The Morgan fingerprint density at radius 3 is 2.75 bits per heavy atom. The molecule has 2 saturated heterocycles. The predicted octanol–water partition coefficient (Wildman–Crippen LogP) is 4.29. The van der Waals surface area contributed by atoms with Crippen LogP contribution in [-0.2, 0) is 6.54 Å². The van der Waals surface area contributed by atoms with E-state index in [9.17, 15) is 8.78 Å². The van der Waals surface area contributed by atoms with Crippen LogP contribution in [0.25, 0.3) is 5.65 Å². The normalized spacial score (nSPS) is 27.0. The molecule has 0 N–H and O–H groups in total. The van der Waals surface area contributed by atoms with Gasteiger partial charge in [-0.15, -0.1) is 0 Å². The monoisotopic (exact) mass is 383 g/mol. The summed E-state index contributed by atoms with van der Waals surface area (Å²) in [6, 6.07) is 9.73. The van der Waals surface area contributed by atoms with Crippen molar-refractivity contribution in [3.8, 4) is 5.75 Å². The number of hydrogen-bond donors (Lipinski definition) is 0. The number of aromatic nitrogens is 2. The largest absolute Gasteiger partial charge is 0.493 e. The van der Waals surface area contributed by atoms with Gasteiger partial charge in [-0.2, -0.15) is 0 Å². The van der Waals surface area contributed by atoms with Crippen LogP contribution in [0.1, 0.15) is 25.5 Å². The van der Waals surface area contributed by atoms with Crippen molar-refractivity contribution in [2.45, 2.75) is 26.3 Å². The van der Waals surface area contributed by atoms with Crippen LogP contribution in [0.3, 0.4) is 0 Å². The molecule has 0 atom stereocenters. The first-order chi connectivity index (χ1) is 13.4. The fraction of sp³-hybridized carbons (Fsp3) is 0.409. The summed E-state index contributed by atoms with van der Waals surface area (Å²) in [6.07, 6.45) is 6.30. The average Bonchev–Trinajstić information content (AvgIpc) is 3.03. The Morgan fingerprint density at radius 2 is 1.96 bits per heavy atom. The quantitative estimate of drug-likeness (QED) is 0.658. The van der Waals surface area contributed by atoms with Gasteiger partial charge < -0.3 is 9.14 Å². The lowest BCUT2D eigenvalue weighted by Gasteiger charge is -2.62. The van der Waals surface area contributed by atoms with Crippen molar-refractivity contribution >= 4 is 5.65 Å². The second kappa shape index (κ2) is 6.27. The molecule has 2 aromatic heterocycles. The number of rotatable bonds is 5. The highest BCUT2D eigenvalue weighted by Crippen LogP contribution is 2.58. The minimum Gasteiger partial charge on any atom is -0.493 e. The third kappa shape index (κ3) is 3.15. The zero-order valence-corrected chi connectivity index (χ0v) is 15.9.